The van der Waals surface area contributed by atoms with Crippen molar-refractivity contribution in [2.75, 3.05) is 5.73 Å². The maximum Gasteiger partial charge on any atom is 0.0316 e. The third-order valence-electron chi connectivity index (χ3n) is 5.00. The average Bonchev–Trinajstić information content (AvgIpc) is 2.56. The number of unbranched alkanes of at least 4 members (excludes halogenated alkanes) is 5. The van der Waals surface area contributed by atoms with Crippen LogP contribution in [0.15, 0.2) is 42.5 Å². The van der Waals surface area contributed by atoms with Gasteiger partial charge in [-0.05, 0) is 49.1 Å². The molecule has 0 aliphatic heterocycles. The van der Waals surface area contributed by atoms with Gasteiger partial charge in [-0.1, -0.05) is 81.3 Å². The van der Waals surface area contributed by atoms with Crippen LogP contribution in [0.4, 0.5) is 5.69 Å². The molecule has 0 aromatic heterocycles. The molecule has 1 atom stereocenters. The molecule has 0 aliphatic rings. The number of hydrogen-bond acceptors (Lipinski definition) is 1. The third-order valence-corrected chi connectivity index (χ3v) is 5.00. The van der Waals surface area contributed by atoms with Crippen molar-refractivity contribution in [1.29, 1.82) is 0 Å². The summed E-state index contributed by atoms with van der Waals surface area (Å²) in [6.45, 7) is 6.62. The van der Waals surface area contributed by atoms with Gasteiger partial charge in [-0.2, -0.15) is 0 Å². The fourth-order valence-electron chi connectivity index (χ4n) is 3.52. The van der Waals surface area contributed by atoms with Crippen molar-refractivity contribution in [3.05, 3.63) is 64.7 Å². The van der Waals surface area contributed by atoms with Gasteiger partial charge in [0.2, 0.25) is 0 Å². The van der Waals surface area contributed by atoms with E-state index in [4.69, 9.17) is 5.73 Å². The van der Waals surface area contributed by atoms with Gasteiger partial charge in [0, 0.05) is 11.6 Å². The predicted molar refractivity (Wildman–Crippen MR) is 107 cm³/mol. The quantitative estimate of drug-likeness (QED) is 0.400. The second-order valence-corrected chi connectivity index (χ2v) is 7.14. The highest BCUT2D eigenvalue weighted by Gasteiger charge is 2.16. The Labute approximate surface area is 148 Å². The summed E-state index contributed by atoms with van der Waals surface area (Å²) in [4.78, 5) is 0. The molecule has 2 N–H and O–H groups in total. The van der Waals surface area contributed by atoms with Gasteiger partial charge < -0.3 is 5.73 Å². The van der Waals surface area contributed by atoms with Crippen LogP contribution >= 0.6 is 0 Å². The standard InChI is InChI=1S/C23H33N/c1-4-5-6-7-8-9-10-23(20-13-11-18(2)12-14-20)22-16-15-21(24)17-19(22)3/h11-17,23H,4-10,24H2,1-3H3. The molecule has 0 fully saturated rings. The largest absolute Gasteiger partial charge is 0.399 e. The third kappa shape index (κ3) is 5.40. The van der Waals surface area contributed by atoms with Gasteiger partial charge in [0.25, 0.3) is 0 Å². The van der Waals surface area contributed by atoms with Crippen molar-refractivity contribution in [3.8, 4) is 0 Å². The molecule has 0 amide bonds. The van der Waals surface area contributed by atoms with E-state index in [1.54, 1.807) is 0 Å². The molecule has 0 aliphatic carbocycles. The zero-order valence-electron chi connectivity index (χ0n) is 15.6. The maximum absolute atomic E-state index is 5.95. The molecule has 24 heavy (non-hydrogen) atoms. The van der Waals surface area contributed by atoms with Gasteiger partial charge in [0.15, 0.2) is 0 Å². The van der Waals surface area contributed by atoms with Crippen LogP contribution in [-0.4, -0.2) is 0 Å². The summed E-state index contributed by atoms with van der Waals surface area (Å²) in [5, 5.41) is 0. The van der Waals surface area contributed by atoms with E-state index in [0.29, 0.717) is 5.92 Å². The number of nitrogens with two attached hydrogens (primary N) is 1. The number of nitrogen functional groups attached to an aromatic ring is 1. The van der Waals surface area contributed by atoms with Gasteiger partial charge >= 0.3 is 0 Å². The number of aryl methyl sites for hydroxylation is 2. The first kappa shape index (κ1) is 18.6. The van der Waals surface area contributed by atoms with Gasteiger partial charge in [0.1, 0.15) is 0 Å². The number of hydrogen-bond donors (Lipinski definition) is 1. The van der Waals surface area contributed by atoms with E-state index in [0.717, 1.165) is 5.69 Å². The van der Waals surface area contributed by atoms with E-state index in [-0.39, 0.29) is 0 Å². The molecule has 0 bridgehead atoms. The van der Waals surface area contributed by atoms with Gasteiger partial charge in [-0.25, -0.2) is 0 Å². The number of benzene rings is 2. The minimum absolute atomic E-state index is 0.484. The van der Waals surface area contributed by atoms with Crippen LogP contribution in [0, 0.1) is 13.8 Å². The van der Waals surface area contributed by atoms with E-state index in [1.165, 1.54) is 67.2 Å². The zero-order chi connectivity index (χ0) is 17.4. The maximum atomic E-state index is 5.95. The minimum atomic E-state index is 0.484. The summed E-state index contributed by atoms with van der Waals surface area (Å²) in [5.74, 6) is 0.484. The van der Waals surface area contributed by atoms with Crippen molar-refractivity contribution in [2.24, 2.45) is 0 Å². The molecule has 1 nitrogen and oxygen atoms in total. The lowest BCUT2D eigenvalue weighted by atomic mass is 9.84. The Hall–Kier alpha value is -1.76. The molecule has 0 heterocycles. The number of anilines is 1. The summed E-state index contributed by atoms with van der Waals surface area (Å²) < 4.78 is 0. The lowest BCUT2D eigenvalue weighted by Gasteiger charge is -2.21. The second-order valence-electron chi connectivity index (χ2n) is 7.14. The molecule has 2 aromatic rings. The lowest BCUT2D eigenvalue weighted by molar-refractivity contribution is 0.567. The monoisotopic (exact) mass is 323 g/mol. The Balaban J connectivity index is 2.11. The highest BCUT2D eigenvalue weighted by atomic mass is 14.5. The van der Waals surface area contributed by atoms with E-state index >= 15 is 0 Å². The van der Waals surface area contributed by atoms with Gasteiger partial charge in [0.05, 0.1) is 0 Å². The van der Waals surface area contributed by atoms with Gasteiger partial charge in [-0.3, -0.25) is 0 Å². The van der Waals surface area contributed by atoms with Gasteiger partial charge in [-0.15, -0.1) is 0 Å². The average molecular weight is 324 g/mol. The smallest absolute Gasteiger partial charge is 0.0316 e. The molecule has 0 saturated heterocycles. The molecule has 1 unspecified atom stereocenters. The van der Waals surface area contributed by atoms with Crippen molar-refractivity contribution in [3.63, 3.8) is 0 Å². The van der Waals surface area contributed by atoms with E-state index in [2.05, 4.69) is 57.2 Å². The van der Waals surface area contributed by atoms with Crippen LogP contribution < -0.4 is 5.73 Å². The van der Waals surface area contributed by atoms with Crippen molar-refractivity contribution in [2.45, 2.75) is 71.6 Å². The second kappa shape index (κ2) is 9.52. The van der Waals surface area contributed by atoms with Crippen molar-refractivity contribution in [1.82, 2.24) is 0 Å². The SMILES string of the molecule is CCCCCCCCC(c1ccc(C)cc1)c1ccc(N)cc1C. The summed E-state index contributed by atoms with van der Waals surface area (Å²) in [5.41, 5.74) is 12.3. The van der Waals surface area contributed by atoms with Crippen molar-refractivity contribution < 1.29 is 0 Å². The minimum Gasteiger partial charge on any atom is -0.399 e. The molecule has 0 radical (unpaired) electrons. The Morgan fingerprint density at radius 2 is 1.50 bits per heavy atom. The Kier molecular flexibility index (Phi) is 7.36. The first-order valence-electron chi connectivity index (χ1n) is 9.54. The zero-order valence-corrected chi connectivity index (χ0v) is 15.6. The van der Waals surface area contributed by atoms with E-state index in [1.807, 2.05) is 6.07 Å². The normalized spacial score (nSPS) is 12.3. The molecular formula is C23H33N. The lowest BCUT2D eigenvalue weighted by Crippen LogP contribution is -2.04. The van der Waals surface area contributed by atoms with E-state index < -0.39 is 0 Å². The van der Waals surface area contributed by atoms with Crippen LogP contribution in [0.25, 0.3) is 0 Å². The van der Waals surface area contributed by atoms with Crippen LogP contribution in [0.5, 0.6) is 0 Å². The summed E-state index contributed by atoms with van der Waals surface area (Å²) in [7, 11) is 0. The summed E-state index contributed by atoms with van der Waals surface area (Å²) in [6.07, 6.45) is 9.30. The number of rotatable bonds is 9. The molecule has 0 saturated carbocycles. The molecule has 2 aromatic carbocycles. The first-order valence-corrected chi connectivity index (χ1v) is 9.54. The topological polar surface area (TPSA) is 26.0 Å². The fourth-order valence-corrected chi connectivity index (χ4v) is 3.52. The Morgan fingerprint density at radius 1 is 0.833 bits per heavy atom. The molecule has 2 rings (SSSR count). The van der Waals surface area contributed by atoms with E-state index in [9.17, 15) is 0 Å². The Bertz CT molecular complexity index is 612. The van der Waals surface area contributed by atoms with Crippen LogP contribution in [-0.2, 0) is 0 Å². The molecule has 0 spiro atoms. The summed E-state index contributed by atoms with van der Waals surface area (Å²) in [6, 6.07) is 15.4. The first-order chi connectivity index (χ1) is 11.6. The molecular weight excluding hydrogens is 290 g/mol. The van der Waals surface area contributed by atoms with Crippen LogP contribution in [0.1, 0.15) is 80.0 Å². The fraction of sp³-hybridized carbons (Fsp3) is 0.478. The van der Waals surface area contributed by atoms with Crippen molar-refractivity contribution >= 4 is 5.69 Å². The molecule has 1 heteroatoms. The molecule has 130 valence electrons. The van der Waals surface area contributed by atoms with Crippen LogP contribution in [0.2, 0.25) is 0 Å². The summed E-state index contributed by atoms with van der Waals surface area (Å²) >= 11 is 0. The predicted octanol–water partition coefficient (Wildman–Crippen LogP) is 6.77. The highest BCUT2D eigenvalue weighted by Crippen LogP contribution is 2.33. The van der Waals surface area contributed by atoms with Crippen LogP contribution in [0.3, 0.4) is 0 Å². The Morgan fingerprint density at radius 3 is 2.17 bits per heavy atom. The highest BCUT2D eigenvalue weighted by molar-refractivity contribution is 5.47.